The number of halogens is 1. The lowest BCUT2D eigenvalue weighted by Gasteiger charge is -2.17. The second-order valence-electron chi connectivity index (χ2n) is 3.29. The van der Waals surface area contributed by atoms with Crippen molar-refractivity contribution >= 4 is 29.0 Å². The Morgan fingerprint density at radius 3 is 2.50 bits per heavy atom. The number of nitrogens with one attached hydrogen (secondary N) is 1. The molecule has 0 saturated carbocycles. The Labute approximate surface area is 98.8 Å². The van der Waals surface area contributed by atoms with Crippen LogP contribution in [0.1, 0.15) is 20.8 Å². The van der Waals surface area contributed by atoms with E-state index in [2.05, 4.69) is 10.3 Å². The lowest BCUT2D eigenvalue weighted by Crippen LogP contribution is -2.43. The van der Waals surface area contributed by atoms with E-state index in [9.17, 15) is 9.59 Å². The van der Waals surface area contributed by atoms with Crippen LogP contribution in [0, 0.1) is 11.3 Å². The fourth-order valence-electron chi connectivity index (χ4n) is 0.906. The summed E-state index contributed by atoms with van der Waals surface area (Å²) in [5, 5.41) is 11.3. The molecule has 0 radical (unpaired) electrons. The Bertz CT molecular complexity index is 391. The van der Waals surface area contributed by atoms with Gasteiger partial charge < -0.3 is 5.32 Å². The van der Waals surface area contributed by atoms with Crippen LogP contribution < -0.4 is 5.32 Å². The molecule has 0 aromatic carbocycles. The predicted octanol–water partition coefficient (Wildman–Crippen LogP) is 1.14. The van der Waals surface area contributed by atoms with Gasteiger partial charge in [0.25, 0.3) is 0 Å². The highest BCUT2D eigenvalue weighted by atomic mass is 35.5. The summed E-state index contributed by atoms with van der Waals surface area (Å²) in [6.45, 7) is 4.38. The van der Waals surface area contributed by atoms with E-state index < -0.39 is 11.6 Å². The third-order valence-electron chi connectivity index (χ3n) is 1.51. The first-order valence-corrected chi connectivity index (χ1v) is 4.79. The molecular formula is C10H12ClN3O2. The van der Waals surface area contributed by atoms with Gasteiger partial charge in [-0.05, 0) is 26.3 Å². The number of amides is 1. The normalized spacial score (nSPS) is 15.9. The molecule has 0 spiro atoms. The van der Waals surface area contributed by atoms with Crippen molar-refractivity contribution < 1.29 is 9.59 Å². The minimum absolute atomic E-state index is 0.153. The third-order valence-corrected chi connectivity index (χ3v) is 1.59. The molecule has 0 bridgehead atoms. The molecule has 0 rings (SSSR count). The van der Waals surface area contributed by atoms with Crippen molar-refractivity contribution in [3.05, 3.63) is 11.6 Å². The van der Waals surface area contributed by atoms with Gasteiger partial charge in [0.05, 0.1) is 0 Å². The molecule has 0 aromatic heterocycles. The first-order valence-electron chi connectivity index (χ1n) is 4.42. The largest absolute Gasteiger partial charge is 0.317 e. The zero-order chi connectivity index (χ0) is 12.8. The summed E-state index contributed by atoms with van der Waals surface area (Å²) in [7, 11) is 0. The van der Waals surface area contributed by atoms with Gasteiger partial charge in [0, 0.05) is 6.08 Å². The van der Waals surface area contributed by atoms with Gasteiger partial charge in [-0.25, -0.2) is 4.99 Å². The number of carbonyl (C=O) groups excluding carboxylic acids is 2. The summed E-state index contributed by atoms with van der Waals surface area (Å²) in [5.41, 5.74) is -1.17. The quantitative estimate of drug-likeness (QED) is 0.455. The molecule has 0 aliphatic heterocycles. The van der Waals surface area contributed by atoms with Crippen LogP contribution in [0.5, 0.6) is 0 Å². The second kappa shape index (κ2) is 6.03. The molecule has 1 amide bonds. The van der Waals surface area contributed by atoms with Crippen LogP contribution in [0.15, 0.2) is 16.6 Å². The summed E-state index contributed by atoms with van der Waals surface area (Å²) < 4.78 is 0. The maximum absolute atomic E-state index is 11.4. The molecule has 5 nitrogen and oxygen atoms in total. The van der Waals surface area contributed by atoms with Gasteiger partial charge in [0.1, 0.15) is 17.5 Å². The standard InChI is InChI=1S/C10H12ClN3O2/c1-7(5-15)4-9(16)14-10(3,6-12)13-8(2)11/h4-5H,1-3H3,(H,14,16)/b7-4+,13-8+. The number of allylic oxidation sites excluding steroid dienone is 1. The van der Waals surface area contributed by atoms with E-state index in [1.807, 2.05) is 6.07 Å². The molecule has 0 fully saturated rings. The van der Waals surface area contributed by atoms with Crippen LogP contribution in [-0.2, 0) is 9.59 Å². The van der Waals surface area contributed by atoms with E-state index in [1.165, 1.54) is 20.8 Å². The fourth-order valence-corrected chi connectivity index (χ4v) is 1.07. The Morgan fingerprint density at radius 1 is 1.56 bits per heavy atom. The van der Waals surface area contributed by atoms with Gasteiger partial charge in [0.2, 0.25) is 11.6 Å². The topological polar surface area (TPSA) is 82.3 Å². The number of rotatable bonds is 4. The number of nitriles is 1. The molecule has 0 aromatic rings. The van der Waals surface area contributed by atoms with Crippen molar-refractivity contribution in [1.29, 1.82) is 5.26 Å². The van der Waals surface area contributed by atoms with Crippen LogP contribution in [0.3, 0.4) is 0 Å². The number of nitrogens with zero attached hydrogens (tertiary/aromatic N) is 2. The number of hydrogen-bond acceptors (Lipinski definition) is 4. The fraction of sp³-hybridized carbons (Fsp3) is 0.400. The van der Waals surface area contributed by atoms with Crippen LogP contribution in [0.25, 0.3) is 0 Å². The van der Waals surface area contributed by atoms with E-state index in [4.69, 9.17) is 16.9 Å². The highest BCUT2D eigenvalue weighted by Gasteiger charge is 2.24. The molecular weight excluding hydrogens is 230 g/mol. The smallest absolute Gasteiger partial charge is 0.247 e. The maximum Gasteiger partial charge on any atom is 0.247 e. The van der Waals surface area contributed by atoms with Crippen LogP contribution in [0.4, 0.5) is 0 Å². The molecule has 0 heterocycles. The molecule has 6 heteroatoms. The lowest BCUT2D eigenvalue weighted by atomic mass is 10.2. The van der Waals surface area contributed by atoms with Crippen LogP contribution in [0.2, 0.25) is 0 Å². The van der Waals surface area contributed by atoms with Crippen LogP contribution >= 0.6 is 11.6 Å². The van der Waals surface area contributed by atoms with E-state index in [-0.39, 0.29) is 10.7 Å². The van der Waals surface area contributed by atoms with Crippen molar-refractivity contribution in [2.45, 2.75) is 26.4 Å². The molecule has 1 N–H and O–H groups in total. The minimum Gasteiger partial charge on any atom is -0.317 e. The Morgan fingerprint density at radius 2 is 2.12 bits per heavy atom. The van der Waals surface area contributed by atoms with Gasteiger partial charge in [-0.1, -0.05) is 11.6 Å². The Hall–Kier alpha value is -1.67. The van der Waals surface area contributed by atoms with Gasteiger partial charge in [-0.2, -0.15) is 5.26 Å². The zero-order valence-electron chi connectivity index (χ0n) is 9.24. The van der Waals surface area contributed by atoms with Gasteiger partial charge in [0.15, 0.2) is 0 Å². The monoisotopic (exact) mass is 241 g/mol. The summed E-state index contributed by atoms with van der Waals surface area (Å²) >= 11 is 5.53. The Kier molecular flexibility index (Phi) is 5.40. The minimum atomic E-state index is -1.43. The van der Waals surface area contributed by atoms with Crippen molar-refractivity contribution in [2.24, 2.45) is 4.99 Å². The molecule has 86 valence electrons. The summed E-state index contributed by atoms with van der Waals surface area (Å²) in [5.74, 6) is -0.574. The van der Waals surface area contributed by atoms with E-state index in [1.54, 1.807) is 0 Å². The van der Waals surface area contributed by atoms with Crippen molar-refractivity contribution in [3.63, 3.8) is 0 Å². The van der Waals surface area contributed by atoms with E-state index in [0.717, 1.165) is 6.08 Å². The third kappa shape index (κ3) is 5.27. The lowest BCUT2D eigenvalue weighted by molar-refractivity contribution is -0.118. The highest BCUT2D eigenvalue weighted by molar-refractivity contribution is 6.64. The molecule has 1 atom stereocenters. The van der Waals surface area contributed by atoms with Gasteiger partial charge in [-0.3, -0.25) is 9.59 Å². The van der Waals surface area contributed by atoms with Crippen molar-refractivity contribution in [1.82, 2.24) is 5.32 Å². The SMILES string of the molecule is C/C(C=O)=C\C(=O)NC(C)(C#N)/N=C(\C)Cl. The predicted molar refractivity (Wildman–Crippen MR) is 60.9 cm³/mol. The zero-order valence-corrected chi connectivity index (χ0v) is 10.00. The highest BCUT2D eigenvalue weighted by Crippen LogP contribution is 2.06. The van der Waals surface area contributed by atoms with Gasteiger partial charge in [-0.15, -0.1) is 0 Å². The van der Waals surface area contributed by atoms with Crippen LogP contribution in [-0.4, -0.2) is 23.0 Å². The average Bonchev–Trinajstić information content (AvgIpc) is 2.15. The average molecular weight is 242 g/mol. The molecule has 16 heavy (non-hydrogen) atoms. The summed E-state index contributed by atoms with van der Waals surface area (Å²) in [6.07, 6.45) is 1.63. The summed E-state index contributed by atoms with van der Waals surface area (Å²) in [4.78, 5) is 25.4. The molecule has 1 unspecified atom stereocenters. The number of carbonyl (C=O) groups is 2. The molecule has 0 aliphatic carbocycles. The summed E-state index contributed by atoms with van der Waals surface area (Å²) in [6, 6.07) is 1.81. The number of aldehydes is 1. The van der Waals surface area contributed by atoms with E-state index in [0.29, 0.717) is 6.29 Å². The maximum atomic E-state index is 11.4. The van der Waals surface area contributed by atoms with Gasteiger partial charge >= 0.3 is 0 Å². The first-order chi connectivity index (χ1) is 7.33. The van der Waals surface area contributed by atoms with Crippen molar-refractivity contribution in [3.8, 4) is 6.07 Å². The first kappa shape index (κ1) is 14.3. The Balaban J connectivity index is 4.83. The number of aliphatic imine (C=N–C) groups is 1. The molecule has 0 saturated heterocycles. The molecule has 0 aliphatic rings. The van der Waals surface area contributed by atoms with E-state index >= 15 is 0 Å². The second-order valence-corrected chi connectivity index (χ2v) is 3.84. The van der Waals surface area contributed by atoms with Crippen molar-refractivity contribution in [2.75, 3.05) is 0 Å². The number of hydrogen-bond donors (Lipinski definition) is 1.